The van der Waals surface area contributed by atoms with Crippen LogP contribution in [0.4, 0.5) is 5.82 Å². The average Bonchev–Trinajstić information content (AvgIpc) is 2.97. The summed E-state index contributed by atoms with van der Waals surface area (Å²) in [4.78, 5) is 1.21. The fraction of sp³-hybridized carbons (Fsp3) is 0.533. The fourth-order valence-electron chi connectivity index (χ4n) is 2.91. The molecule has 0 aliphatic heterocycles. The number of nitrogen functional groups attached to an aromatic ring is 1. The third-order valence-electron chi connectivity index (χ3n) is 4.01. The molecule has 2 heterocycles. The molecule has 1 aliphatic rings. The van der Waals surface area contributed by atoms with E-state index in [1.165, 1.54) is 4.88 Å². The normalized spacial score (nSPS) is 21.9. The molecule has 2 N–H and O–H groups in total. The first-order valence-electron chi connectivity index (χ1n) is 7.15. The first-order chi connectivity index (χ1) is 9.69. The number of aryl methyl sites for hydroxylation is 1. The molecule has 2 aromatic rings. The number of ether oxygens (including phenoxy) is 1. The molecule has 1 aliphatic carbocycles. The van der Waals surface area contributed by atoms with E-state index in [2.05, 4.69) is 29.5 Å². The van der Waals surface area contributed by atoms with Gasteiger partial charge >= 0.3 is 0 Å². The van der Waals surface area contributed by atoms with Gasteiger partial charge in [-0.05, 0) is 43.6 Å². The molecule has 4 nitrogen and oxygen atoms in total. The SMILES string of the molecule is CCOC1CC(Cc2nn(C)c(N)c2-c2cccs2)C1. The highest BCUT2D eigenvalue weighted by molar-refractivity contribution is 7.13. The Kier molecular flexibility index (Phi) is 3.81. The van der Waals surface area contributed by atoms with Gasteiger partial charge in [0, 0.05) is 18.5 Å². The Hall–Kier alpha value is -1.33. The van der Waals surface area contributed by atoms with E-state index in [1.54, 1.807) is 16.0 Å². The molecule has 0 unspecified atom stereocenters. The molecular formula is C15H21N3OS. The maximum atomic E-state index is 6.19. The molecule has 0 amide bonds. The van der Waals surface area contributed by atoms with Crippen molar-refractivity contribution >= 4 is 17.2 Å². The van der Waals surface area contributed by atoms with Gasteiger partial charge in [-0.2, -0.15) is 5.10 Å². The summed E-state index contributed by atoms with van der Waals surface area (Å²) in [5.41, 5.74) is 8.45. The van der Waals surface area contributed by atoms with Gasteiger partial charge in [-0.3, -0.25) is 4.68 Å². The van der Waals surface area contributed by atoms with Crippen molar-refractivity contribution in [2.24, 2.45) is 13.0 Å². The number of hydrogen-bond acceptors (Lipinski definition) is 4. The van der Waals surface area contributed by atoms with Crippen molar-refractivity contribution < 1.29 is 4.74 Å². The van der Waals surface area contributed by atoms with Crippen LogP contribution in [0.2, 0.25) is 0 Å². The average molecular weight is 291 g/mol. The topological polar surface area (TPSA) is 53.1 Å². The molecular weight excluding hydrogens is 270 g/mol. The van der Waals surface area contributed by atoms with Crippen LogP contribution >= 0.6 is 11.3 Å². The first kappa shape index (κ1) is 13.6. The third kappa shape index (κ3) is 2.47. The number of anilines is 1. The molecule has 0 atom stereocenters. The summed E-state index contributed by atoms with van der Waals surface area (Å²) in [7, 11) is 1.92. The van der Waals surface area contributed by atoms with Gasteiger partial charge in [0.1, 0.15) is 5.82 Å². The lowest BCUT2D eigenvalue weighted by molar-refractivity contribution is -0.0242. The Balaban J connectivity index is 1.76. The first-order valence-corrected chi connectivity index (χ1v) is 8.03. The van der Waals surface area contributed by atoms with Gasteiger partial charge < -0.3 is 10.5 Å². The van der Waals surface area contributed by atoms with Crippen molar-refractivity contribution in [3.8, 4) is 10.4 Å². The van der Waals surface area contributed by atoms with Crippen molar-refractivity contribution in [3.05, 3.63) is 23.2 Å². The zero-order chi connectivity index (χ0) is 14.1. The highest BCUT2D eigenvalue weighted by Crippen LogP contribution is 2.38. The third-order valence-corrected chi connectivity index (χ3v) is 4.90. The van der Waals surface area contributed by atoms with Crippen LogP contribution in [0.5, 0.6) is 0 Å². The molecule has 108 valence electrons. The molecule has 0 spiro atoms. The lowest BCUT2D eigenvalue weighted by Crippen LogP contribution is -2.32. The number of nitrogens with zero attached hydrogens (tertiary/aromatic N) is 2. The zero-order valence-corrected chi connectivity index (χ0v) is 12.8. The van der Waals surface area contributed by atoms with E-state index >= 15 is 0 Å². The Labute approximate surface area is 123 Å². The molecule has 20 heavy (non-hydrogen) atoms. The van der Waals surface area contributed by atoms with Crippen LogP contribution < -0.4 is 5.73 Å². The second-order valence-corrected chi connectivity index (χ2v) is 6.37. The molecule has 2 aromatic heterocycles. The van der Waals surface area contributed by atoms with Crippen LogP contribution in [0.25, 0.3) is 10.4 Å². The van der Waals surface area contributed by atoms with Crippen molar-refractivity contribution in [2.75, 3.05) is 12.3 Å². The van der Waals surface area contributed by atoms with E-state index in [9.17, 15) is 0 Å². The summed E-state index contributed by atoms with van der Waals surface area (Å²) in [6.45, 7) is 2.87. The quantitative estimate of drug-likeness (QED) is 0.921. The van der Waals surface area contributed by atoms with E-state index in [-0.39, 0.29) is 0 Å². The van der Waals surface area contributed by atoms with Crippen molar-refractivity contribution in [3.63, 3.8) is 0 Å². The number of nitrogens with two attached hydrogens (primary N) is 1. The highest BCUT2D eigenvalue weighted by atomic mass is 32.1. The van der Waals surface area contributed by atoms with E-state index in [4.69, 9.17) is 10.5 Å². The fourth-order valence-corrected chi connectivity index (χ4v) is 3.71. The van der Waals surface area contributed by atoms with Gasteiger partial charge in [-0.1, -0.05) is 6.07 Å². The molecule has 1 fully saturated rings. The van der Waals surface area contributed by atoms with Gasteiger partial charge in [0.05, 0.1) is 17.4 Å². The monoisotopic (exact) mass is 291 g/mol. The van der Waals surface area contributed by atoms with E-state index in [1.807, 2.05) is 7.05 Å². The maximum Gasteiger partial charge on any atom is 0.130 e. The second kappa shape index (κ2) is 5.58. The number of aromatic nitrogens is 2. The lowest BCUT2D eigenvalue weighted by Gasteiger charge is -2.34. The highest BCUT2D eigenvalue weighted by Gasteiger charge is 2.31. The zero-order valence-electron chi connectivity index (χ0n) is 12.0. The molecule has 3 rings (SSSR count). The summed E-state index contributed by atoms with van der Waals surface area (Å²) in [5.74, 6) is 1.45. The Morgan fingerprint density at radius 2 is 2.30 bits per heavy atom. The predicted octanol–water partition coefficient (Wildman–Crippen LogP) is 3.09. The van der Waals surface area contributed by atoms with Crippen LogP contribution in [0.15, 0.2) is 17.5 Å². The molecule has 0 aromatic carbocycles. The van der Waals surface area contributed by atoms with Gasteiger partial charge in [0.15, 0.2) is 0 Å². The minimum Gasteiger partial charge on any atom is -0.383 e. The standard InChI is InChI=1S/C15H21N3OS/c1-3-19-11-7-10(8-11)9-12-14(13-5-4-6-20-13)15(16)18(2)17-12/h4-6,10-11H,3,7-9,16H2,1-2H3. The second-order valence-electron chi connectivity index (χ2n) is 5.43. The maximum absolute atomic E-state index is 6.19. The number of hydrogen-bond donors (Lipinski definition) is 1. The predicted molar refractivity (Wildman–Crippen MR) is 82.8 cm³/mol. The van der Waals surface area contributed by atoms with E-state index in [0.29, 0.717) is 12.0 Å². The van der Waals surface area contributed by atoms with Gasteiger partial charge in [0.25, 0.3) is 0 Å². The molecule has 5 heteroatoms. The van der Waals surface area contributed by atoms with Gasteiger partial charge in [0.2, 0.25) is 0 Å². The smallest absolute Gasteiger partial charge is 0.130 e. The van der Waals surface area contributed by atoms with Crippen LogP contribution in [0.1, 0.15) is 25.5 Å². The summed E-state index contributed by atoms with van der Waals surface area (Å²) in [6, 6.07) is 4.18. The van der Waals surface area contributed by atoms with Crippen LogP contribution in [-0.4, -0.2) is 22.5 Å². The number of rotatable bonds is 5. The minimum absolute atomic E-state index is 0.455. The van der Waals surface area contributed by atoms with Crippen LogP contribution in [0.3, 0.4) is 0 Å². The summed E-state index contributed by atoms with van der Waals surface area (Å²) < 4.78 is 7.42. The largest absolute Gasteiger partial charge is 0.383 e. The molecule has 0 bridgehead atoms. The van der Waals surface area contributed by atoms with Gasteiger partial charge in [-0.25, -0.2) is 0 Å². The molecule has 0 radical (unpaired) electrons. The van der Waals surface area contributed by atoms with E-state index in [0.717, 1.165) is 42.9 Å². The summed E-state index contributed by atoms with van der Waals surface area (Å²) in [5, 5.41) is 6.70. The van der Waals surface area contributed by atoms with Gasteiger partial charge in [-0.15, -0.1) is 11.3 Å². The molecule has 0 saturated heterocycles. The van der Waals surface area contributed by atoms with Crippen LogP contribution in [0, 0.1) is 5.92 Å². The summed E-state index contributed by atoms with van der Waals surface area (Å²) in [6.07, 6.45) is 3.75. The minimum atomic E-state index is 0.455. The van der Waals surface area contributed by atoms with Crippen LogP contribution in [-0.2, 0) is 18.2 Å². The van der Waals surface area contributed by atoms with Crippen molar-refractivity contribution in [1.82, 2.24) is 9.78 Å². The Bertz CT molecular complexity index is 570. The Morgan fingerprint density at radius 1 is 1.50 bits per heavy atom. The van der Waals surface area contributed by atoms with E-state index < -0.39 is 0 Å². The van der Waals surface area contributed by atoms with Crippen molar-refractivity contribution in [2.45, 2.75) is 32.3 Å². The Morgan fingerprint density at radius 3 is 2.95 bits per heavy atom. The summed E-state index contributed by atoms with van der Waals surface area (Å²) >= 11 is 1.72. The lowest BCUT2D eigenvalue weighted by atomic mass is 9.79. The molecule has 1 saturated carbocycles. The van der Waals surface area contributed by atoms with Crippen molar-refractivity contribution in [1.29, 1.82) is 0 Å². The number of thiophene rings is 1.